The number of fused-ring (bicyclic) bond motifs is 2. The monoisotopic (exact) mass is 198 g/mol. The van der Waals surface area contributed by atoms with Crippen LogP contribution in [-0.4, -0.2) is 33.7 Å². The average molecular weight is 198 g/mol. The van der Waals surface area contributed by atoms with Crippen molar-refractivity contribution in [1.82, 2.24) is 4.90 Å². The number of carboxylic acid groups (broad SMARTS) is 1. The van der Waals surface area contributed by atoms with Crippen molar-refractivity contribution >= 4 is 6.09 Å². The fourth-order valence-corrected chi connectivity index (χ4v) is 3.27. The van der Waals surface area contributed by atoms with E-state index in [1.807, 2.05) is 0 Å². The number of hydrogen-bond acceptors (Lipinski definition) is 2. The summed E-state index contributed by atoms with van der Waals surface area (Å²) in [5.74, 6) is 0. The molecule has 2 aliphatic rings. The first kappa shape index (κ1) is 9.77. The first-order valence-electron chi connectivity index (χ1n) is 5.37. The third kappa shape index (κ3) is 1.21. The van der Waals surface area contributed by atoms with E-state index in [9.17, 15) is 9.90 Å². The van der Waals surface area contributed by atoms with Crippen molar-refractivity contribution in [3.63, 3.8) is 0 Å². The van der Waals surface area contributed by atoms with Crippen LogP contribution in [0.4, 0.5) is 4.79 Å². The number of hydrogen-bond donors (Lipinski definition) is 2. The third-order valence-corrected chi connectivity index (χ3v) is 3.90. The summed E-state index contributed by atoms with van der Waals surface area (Å²) >= 11 is 0. The van der Waals surface area contributed by atoms with Gasteiger partial charge in [0.1, 0.15) is 0 Å². The fourth-order valence-electron chi connectivity index (χ4n) is 3.27. The van der Waals surface area contributed by atoms with Crippen LogP contribution in [0.5, 0.6) is 0 Å². The van der Waals surface area contributed by atoms with Gasteiger partial charge in [-0.2, -0.15) is 0 Å². The predicted molar refractivity (Wildman–Crippen MR) is 53.1 cm³/mol. The second-order valence-corrected chi connectivity index (χ2v) is 4.62. The van der Waals surface area contributed by atoms with Crippen LogP contribution < -0.4 is 5.73 Å². The molecule has 0 saturated carbocycles. The van der Waals surface area contributed by atoms with Crippen molar-refractivity contribution in [2.24, 2.45) is 5.73 Å². The molecule has 1 amide bonds. The highest BCUT2D eigenvalue weighted by Crippen LogP contribution is 2.45. The first-order chi connectivity index (χ1) is 6.59. The van der Waals surface area contributed by atoms with E-state index in [4.69, 9.17) is 5.73 Å². The maximum Gasteiger partial charge on any atom is 0.408 e. The molecule has 3 atom stereocenters. The summed E-state index contributed by atoms with van der Waals surface area (Å²) in [6.45, 7) is 2.07. The minimum absolute atomic E-state index is 0.145. The number of nitrogens with two attached hydrogens (primary N) is 1. The van der Waals surface area contributed by atoms with Gasteiger partial charge >= 0.3 is 6.09 Å². The third-order valence-electron chi connectivity index (χ3n) is 3.90. The summed E-state index contributed by atoms with van der Waals surface area (Å²) in [7, 11) is 0. The maximum absolute atomic E-state index is 11.2. The lowest BCUT2D eigenvalue weighted by atomic mass is 9.84. The van der Waals surface area contributed by atoms with E-state index in [0.717, 1.165) is 32.1 Å². The van der Waals surface area contributed by atoms with Gasteiger partial charge in [-0.3, -0.25) is 4.90 Å². The van der Waals surface area contributed by atoms with Crippen molar-refractivity contribution in [1.29, 1.82) is 0 Å². The SMILES string of the molecule is CCC12CCC(CC(N)C1)N2C(=O)O. The minimum atomic E-state index is -0.763. The van der Waals surface area contributed by atoms with Gasteiger partial charge in [-0.25, -0.2) is 4.79 Å². The molecule has 3 N–H and O–H groups in total. The van der Waals surface area contributed by atoms with Crippen LogP contribution >= 0.6 is 0 Å². The molecule has 2 rings (SSSR count). The van der Waals surface area contributed by atoms with Gasteiger partial charge in [0.05, 0.1) is 0 Å². The first-order valence-corrected chi connectivity index (χ1v) is 5.37. The molecule has 0 aliphatic carbocycles. The molecule has 0 spiro atoms. The molecule has 2 bridgehead atoms. The Morgan fingerprint density at radius 1 is 1.71 bits per heavy atom. The van der Waals surface area contributed by atoms with E-state index >= 15 is 0 Å². The summed E-state index contributed by atoms with van der Waals surface area (Å²) in [6, 6.07) is 0.370. The molecule has 2 saturated heterocycles. The van der Waals surface area contributed by atoms with Crippen LogP contribution in [0.15, 0.2) is 0 Å². The average Bonchev–Trinajstić information content (AvgIpc) is 2.37. The smallest absolute Gasteiger partial charge is 0.408 e. The van der Waals surface area contributed by atoms with Crippen molar-refractivity contribution in [2.45, 2.75) is 56.7 Å². The minimum Gasteiger partial charge on any atom is -0.465 e. The van der Waals surface area contributed by atoms with Gasteiger partial charge in [0.25, 0.3) is 0 Å². The largest absolute Gasteiger partial charge is 0.465 e. The van der Waals surface area contributed by atoms with Gasteiger partial charge in [0.2, 0.25) is 0 Å². The molecule has 2 heterocycles. The van der Waals surface area contributed by atoms with Crippen LogP contribution in [0, 0.1) is 0 Å². The molecule has 0 aromatic heterocycles. The van der Waals surface area contributed by atoms with Crippen LogP contribution in [0.3, 0.4) is 0 Å². The Morgan fingerprint density at radius 2 is 2.43 bits per heavy atom. The van der Waals surface area contributed by atoms with Crippen molar-refractivity contribution in [3.8, 4) is 0 Å². The van der Waals surface area contributed by atoms with Crippen LogP contribution in [-0.2, 0) is 0 Å². The Bertz CT molecular complexity index is 257. The number of rotatable bonds is 1. The predicted octanol–water partition coefficient (Wildman–Crippen LogP) is 1.40. The standard InChI is InChI=1S/C10H18N2O2/c1-2-10-4-3-8(5-7(11)6-10)12(10)9(13)14/h7-8H,2-6,11H2,1H3,(H,13,14). The van der Waals surface area contributed by atoms with E-state index in [0.29, 0.717) is 0 Å². The topological polar surface area (TPSA) is 66.6 Å². The second-order valence-electron chi connectivity index (χ2n) is 4.62. The molecular formula is C10H18N2O2. The Kier molecular flexibility index (Phi) is 2.18. The summed E-state index contributed by atoms with van der Waals surface area (Å²) in [4.78, 5) is 12.8. The van der Waals surface area contributed by atoms with Gasteiger partial charge in [-0.15, -0.1) is 0 Å². The van der Waals surface area contributed by atoms with E-state index in [2.05, 4.69) is 6.92 Å². The Morgan fingerprint density at radius 3 is 3.00 bits per heavy atom. The fraction of sp³-hybridized carbons (Fsp3) is 0.900. The lowest BCUT2D eigenvalue weighted by Gasteiger charge is -2.45. The van der Waals surface area contributed by atoms with Gasteiger partial charge < -0.3 is 10.8 Å². The van der Waals surface area contributed by atoms with Crippen LogP contribution in [0.25, 0.3) is 0 Å². The highest BCUT2D eigenvalue weighted by molar-refractivity contribution is 5.67. The molecule has 80 valence electrons. The van der Waals surface area contributed by atoms with E-state index in [1.54, 1.807) is 4.90 Å². The normalized spacial score (nSPS) is 41.4. The van der Waals surface area contributed by atoms with Crippen LogP contribution in [0.1, 0.15) is 39.0 Å². The number of nitrogens with zero attached hydrogens (tertiary/aromatic N) is 1. The molecule has 3 unspecified atom stereocenters. The maximum atomic E-state index is 11.2. The molecule has 14 heavy (non-hydrogen) atoms. The molecule has 4 heteroatoms. The molecule has 2 aliphatic heterocycles. The van der Waals surface area contributed by atoms with E-state index in [-0.39, 0.29) is 17.6 Å². The summed E-state index contributed by atoms with van der Waals surface area (Å²) < 4.78 is 0. The molecule has 0 radical (unpaired) electrons. The zero-order valence-electron chi connectivity index (χ0n) is 8.57. The summed E-state index contributed by atoms with van der Waals surface area (Å²) in [6.07, 6.45) is 3.80. The lowest BCUT2D eigenvalue weighted by Crippen LogP contribution is -2.57. The highest BCUT2D eigenvalue weighted by atomic mass is 16.4. The molecular weight excluding hydrogens is 180 g/mol. The van der Waals surface area contributed by atoms with Gasteiger partial charge in [-0.05, 0) is 32.1 Å². The zero-order chi connectivity index (χ0) is 10.3. The lowest BCUT2D eigenvalue weighted by molar-refractivity contribution is 0.0429. The van der Waals surface area contributed by atoms with E-state index in [1.165, 1.54) is 0 Å². The highest BCUT2D eigenvalue weighted by Gasteiger charge is 2.52. The number of amides is 1. The number of piperidine rings is 1. The van der Waals surface area contributed by atoms with Crippen molar-refractivity contribution in [2.75, 3.05) is 0 Å². The summed E-state index contributed by atoms with van der Waals surface area (Å²) in [5, 5.41) is 9.19. The quantitative estimate of drug-likeness (QED) is 0.669. The number of carbonyl (C=O) groups is 1. The van der Waals surface area contributed by atoms with Crippen molar-refractivity contribution in [3.05, 3.63) is 0 Å². The van der Waals surface area contributed by atoms with Crippen molar-refractivity contribution < 1.29 is 9.90 Å². The van der Waals surface area contributed by atoms with Gasteiger partial charge in [0, 0.05) is 17.6 Å². The Balaban J connectivity index is 2.29. The van der Waals surface area contributed by atoms with Gasteiger partial charge in [0.15, 0.2) is 0 Å². The molecule has 0 aromatic carbocycles. The molecule has 4 nitrogen and oxygen atoms in total. The molecule has 2 fully saturated rings. The Labute approximate surface area is 84.1 Å². The van der Waals surface area contributed by atoms with Gasteiger partial charge in [-0.1, -0.05) is 6.92 Å². The Hall–Kier alpha value is -0.770. The summed E-state index contributed by atoms with van der Waals surface area (Å²) in [5.41, 5.74) is 5.81. The second kappa shape index (κ2) is 3.12. The molecule has 0 aromatic rings. The zero-order valence-corrected chi connectivity index (χ0v) is 8.57. The van der Waals surface area contributed by atoms with Crippen LogP contribution in [0.2, 0.25) is 0 Å². The van der Waals surface area contributed by atoms with E-state index < -0.39 is 6.09 Å².